The van der Waals surface area contributed by atoms with Gasteiger partial charge in [0.05, 0.1) is 5.92 Å². The van der Waals surface area contributed by atoms with Crippen molar-refractivity contribution in [3.8, 4) is 0 Å². The average molecular weight is 333 g/mol. The second-order valence-electron chi connectivity index (χ2n) is 5.06. The lowest BCUT2D eigenvalue weighted by Gasteiger charge is -2.13. The largest absolute Gasteiger partial charge is 0.481 e. The average Bonchev–Trinajstić information content (AvgIpc) is 2.40. The van der Waals surface area contributed by atoms with Crippen LogP contribution in [0.4, 0.5) is 0 Å². The summed E-state index contributed by atoms with van der Waals surface area (Å²) in [5.74, 6) is -1.14. The van der Waals surface area contributed by atoms with Crippen molar-refractivity contribution < 1.29 is 9.90 Å². The van der Waals surface area contributed by atoms with Gasteiger partial charge in [0.1, 0.15) is 0 Å². The summed E-state index contributed by atoms with van der Waals surface area (Å²) >= 11 is 3.42. The molecule has 20 heavy (non-hydrogen) atoms. The molecule has 104 valence electrons. The summed E-state index contributed by atoms with van der Waals surface area (Å²) in [5.41, 5.74) is 3.30. The minimum absolute atomic E-state index is 0.396. The van der Waals surface area contributed by atoms with Gasteiger partial charge in [-0.3, -0.25) is 4.79 Å². The zero-order valence-electron chi connectivity index (χ0n) is 11.3. The first kappa shape index (κ1) is 14.8. The van der Waals surface area contributed by atoms with E-state index in [-0.39, 0.29) is 0 Å². The normalized spacial score (nSPS) is 12.1. The van der Waals surface area contributed by atoms with E-state index in [1.165, 1.54) is 5.56 Å². The number of carboxylic acids is 1. The van der Waals surface area contributed by atoms with E-state index in [9.17, 15) is 9.90 Å². The van der Waals surface area contributed by atoms with Crippen molar-refractivity contribution in [2.24, 2.45) is 5.92 Å². The number of carbonyl (C=O) groups is 1. The topological polar surface area (TPSA) is 37.3 Å². The lowest BCUT2D eigenvalue weighted by atomic mass is 9.92. The van der Waals surface area contributed by atoms with E-state index in [2.05, 4.69) is 15.9 Å². The Balaban J connectivity index is 2.11. The number of aliphatic carboxylic acids is 1. The van der Waals surface area contributed by atoms with E-state index in [1.807, 2.05) is 55.5 Å². The molecular weight excluding hydrogens is 316 g/mol. The number of hydrogen-bond acceptors (Lipinski definition) is 1. The zero-order valence-corrected chi connectivity index (χ0v) is 12.9. The van der Waals surface area contributed by atoms with Gasteiger partial charge in [-0.15, -0.1) is 0 Å². The highest BCUT2D eigenvalue weighted by Crippen LogP contribution is 2.18. The van der Waals surface area contributed by atoms with Gasteiger partial charge in [0.15, 0.2) is 0 Å². The van der Waals surface area contributed by atoms with Gasteiger partial charge in [0.25, 0.3) is 0 Å². The minimum Gasteiger partial charge on any atom is -0.481 e. The van der Waals surface area contributed by atoms with Gasteiger partial charge in [-0.1, -0.05) is 57.9 Å². The lowest BCUT2D eigenvalue weighted by molar-refractivity contribution is -0.141. The first-order chi connectivity index (χ1) is 9.54. The van der Waals surface area contributed by atoms with Gasteiger partial charge in [0.2, 0.25) is 0 Å². The van der Waals surface area contributed by atoms with Crippen molar-refractivity contribution in [2.75, 3.05) is 0 Å². The molecule has 2 aromatic rings. The molecule has 2 nitrogen and oxygen atoms in total. The minimum atomic E-state index is -0.745. The summed E-state index contributed by atoms with van der Waals surface area (Å²) in [6.45, 7) is 2.03. The molecule has 1 atom stereocenters. The molecule has 2 aromatic carbocycles. The molecule has 0 amide bonds. The number of benzene rings is 2. The molecule has 1 N–H and O–H groups in total. The predicted molar refractivity (Wildman–Crippen MR) is 83.9 cm³/mol. The van der Waals surface area contributed by atoms with Crippen LogP contribution in [-0.2, 0) is 17.6 Å². The standard InChI is InChI=1S/C17H17BrO2/c1-12-5-7-13(8-6-12)9-15(17(19)20)10-14-3-2-4-16(18)11-14/h2-8,11,15H,9-10H2,1H3,(H,19,20). The molecule has 0 bridgehead atoms. The van der Waals surface area contributed by atoms with Crippen molar-refractivity contribution in [3.05, 3.63) is 69.7 Å². The molecule has 0 radical (unpaired) electrons. The monoisotopic (exact) mass is 332 g/mol. The maximum atomic E-state index is 11.4. The summed E-state index contributed by atoms with van der Waals surface area (Å²) < 4.78 is 0.981. The van der Waals surface area contributed by atoms with E-state index < -0.39 is 11.9 Å². The fourth-order valence-corrected chi connectivity index (χ4v) is 2.65. The van der Waals surface area contributed by atoms with Gasteiger partial charge >= 0.3 is 5.97 Å². The van der Waals surface area contributed by atoms with Crippen LogP contribution in [0.15, 0.2) is 53.0 Å². The number of aryl methyl sites for hydroxylation is 1. The van der Waals surface area contributed by atoms with Crippen molar-refractivity contribution in [3.63, 3.8) is 0 Å². The Labute approximate surface area is 127 Å². The highest BCUT2D eigenvalue weighted by Gasteiger charge is 2.18. The van der Waals surface area contributed by atoms with Crippen LogP contribution >= 0.6 is 15.9 Å². The molecule has 3 heteroatoms. The van der Waals surface area contributed by atoms with Crippen LogP contribution in [0.3, 0.4) is 0 Å². The summed E-state index contributed by atoms with van der Waals surface area (Å²) in [6.07, 6.45) is 1.10. The zero-order chi connectivity index (χ0) is 14.5. The maximum Gasteiger partial charge on any atom is 0.307 e. The molecule has 0 aliphatic carbocycles. The van der Waals surface area contributed by atoms with Crippen molar-refractivity contribution in [1.29, 1.82) is 0 Å². The molecule has 0 aliphatic rings. The van der Waals surface area contributed by atoms with Crippen LogP contribution in [0.25, 0.3) is 0 Å². The molecule has 1 unspecified atom stereocenters. The molecular formula is C17H17BrO2. The molecule has 0 aromatic heterocycles. The third-order valence-electron chi connectivity index (χ3n) is 3.32. The Morgan fingerprint density at radius 2 is 1.75 bits per heavy atom. The molecule has 0 saturated heterocycles. The SMILES string of the molecule is Cc1ccc(CC(Cc2cccc(Br)c2)C(=O)O)cc1. The van der Waals surface area contributed by atoms with Gasteiger partial charge in [-0.2, -0.15) is 0 Å². The molecule has 0 spiro atoms. The van der Waals surface area contributed by atoms with Gasteiger partial charge in [-0.25, -0.2) is 0 Å². The van der Waals surface area contributed by atoms with E-state index in [0.29, 0.717) is 12.8 Å². The van der Waals surface area contributed by atoms with Crippen LogP contribution in [0.1, 0.15) is 16.7 Å². The smallest absolute Gasteiger partial charge is 0.307 e. The quantitative estimate of drug-likeness (QED) is 0.888. The molecule has 0 saturated carbocycles. The maximum absolute atomic E-state index is 11.4. The van der Waals surface area contributed by atoms with Gasteiger partial charge < -0.3 is 5.11 Å². The Bertz CT molecular complexity index is 590. The van der Waals surface area contributed by atoms with E-state index in [0.717, 1.165) is 15.6 Å². The second-order valence-corrected chi connectivity index (χ2v) is 5.97. The number of rotatable bonds is 5. The first-order valence-electron chi connectivity index (χ1n) is 6.57. The van der Waals surface area contributed by atoms with Gasteiger partial charge in [-0.05, 0) is 43.0 Å². The summed E-state index contributed by atoms with van der Waals surface area (Å²) in [4.78, 5) is 11.4. The van der Waals surface area contributed by atoms with Crippen LogP contribution in [0.5, 0.6) is 0 Å². The summed E-state index contributed by atoms with van der Waals surface area (Å²) in [6, 6.07) is 15.9. The van der Waals surface area contributed by atoms with Crippen LogP contribution in [-0.4, -0.2) is 11.1 Å². The number of halogens is 1. The Hall–Kier alpha value is -1.61. The Kier molecular flexibility index (Phi) is 4.96. The van der Waals surface area contributed by atoms with E-state index in [1.54, 1.807) is 0 Å². The third kappa shape index (κ3) is 4.20. The lowest BCUT2D eigenvalue weighted by Crippen LogP contribution is -2.19. The van der Waals surface area contributed by atoms with Gasteiger partial charge in [0, 0.05) is 4.47 Å². The number of hydrogen-bond donors (Lipinski definition) is 1. The van der Waals surface area contributed by atoms with Crippen molar-refractivity contribution in [2.45, 2.75) is 19.8 Å². The highest BCUT2D eigenvalue weighted by atomic mass is 79.9. The predicted octanol–water partition coefficient (Wildman–Crippen LogP) is 4.24. The Morgan fingerprint density at radius 1 is 1.10 bits per heavy atom. The molecule has 0 fully saturated rings. The summed E-state index contributed by atoms with van der Waals surface area (Å²) in [7, 11) is 0. The van der Waals surface area contributed by atoms with Crippen LogP contribution < -0.4 is 0 Å². The van der Waals surface area contributed by atoms with Crippen LogP contribution in [0.2, 0.25) is 0 Å². The fraction of sp³-hybridized carbons (Fsp3) is 0.235. The Morgan fingerprint density at radius 3 is 2.35 bits per heavy atom. The van der Waals surface area contributed by atoms with Crippen LogP contribution in [0, 0.1) is 12.8 Å². The molecule has 0 heterocycles. The van der Waals surface area contributed by atoms with Crippen molar-refractivity contribution in [1.82, 2.24) is 0 Å². The molecule has 2 rings (SSSR count). The highest BCUT2D eigenvalue weighted by molar-refractivity contribution is 9.10. The fourth-order valence-electron chi connectivity index (χ4n) is 2.20. The van der Waals surface area contributed by atoms with E-state index >= 15 is 0 Å². The van der Waals surface area contributed by atoms with E-state index in [4.69, 9.17) is 0 Å². The second kappa shape index (κ2) is 6.71. The third-order valence-corrected chi connectivity index (χ3v) is 3.82. The number of carboxylic acid groups (broad SMARTS) is 1. The molecule has 0 aliphatic heterocycles. The first-order valence-corrected chi connectivity index (χ1v) is 7.36. The summed E-state index contributed by atoms with van der Waals surface area (Å²) in [5, 5.41) is 9.41. The van der Waals surface area contributed by atoms with Crippen molar-refractivity contribution >= 4 is 21.9 Å².